The van der Waals surface area contributed by atoms with Crippen LogP contribution in [0.15, 0.2) is 24.3 Å². The highest BCUT2D eigenvalue weighted by Gasteiger charge is 2.27. The zero-order chi connectivity index (χ0) is 10.6. The molecular formula is C13H20O. The third kappa shape index (κ3) is 1.98. The molecule has 0 aromatic heterocycles. The number of hydrogen-bond donors (Lipinski definition) is 1. The number of fused-ring (bicyclic) bond motifs is 1. The molecule has 0 aliphatic heterocycles. The van der Waals surface area contributed by atoms with Crippen molar-refractivity contribution in [2.75, 3.05) is 0 Å². The second-order valence-corrected chi connectivity index (χ2v) is 3.49. The van der Waals surface area contributed by atoms with Crippen molar-refractivity contribution >= 4 is 0 Å². The Morgan fingerprint density at radius 2 is 1.79 bits per heavy atom. The van der Waals surface area contributed by atoms with E-state index >= 15 is 0 Å². The predicted molar refractivity (Wildman–Crippen MR) is 60.4 cm³/mol. The summed E-state index contributed by atoms with van der Waals surface area (Å²) >= 11 is 0. The van der Waals surface area contributed by atoms with Crippen molar-refractivity contribution in [1.82, 2.24) is 0 Å². The quantitative estimate of drug-likeness (QED) is 0.720. The summed E-state index contributed by atoms with van der Waals surface area (Å²) in [6.45, 7) is 6.18. The standard InChI is InChI=1S/C11H14O.C2H6/c1-2-8-7-11(12)10-6-4-3-5-9(8)10;1-2/h3-6,8,11-12H,2,7H2,1H3;1-2H3. The van der Waals surface area contributed by atoms with E-state index in [-0.39, 0.29) is 6.10 Å². The molecule has 1 aromatic carbocycles. The minimum atomic E-state index is -0.217. The van der Waals surface area contributed by atoms with E-state index in [4.69, 9.17) is 0 Å². The molecule has 0 amide bonds. The molecule has 2 atom stereocenters. The Balaban J connectivity index is 0.000000461. The fraction of sp³-hybridized carbons (Fsp3) is 0.538. The summed E-state index contributed by atoms with van der Waals surface area (Å²) in [5.41, 5.74) is 2.50. The molecule has 0 saturated heterocycles. The van der Waals surface area contributed by atoms with E-state index in [0.717, 1.165) is 18.4 Å². The number of aliphatic hydroxyl groups excluding tert-OH is 1. The Labute approximate surface area is 86.8 Å². The fourth-order valence-electron chi connectivity index (χ4n) is 2.10. The lowest BCUT2D eigenvalue weighted by Gasteiger charge is -2.05. The van der Waals surface area contributed by atoms with Crippen molar-refractivity contribution in [1.29, 1.82) is 0 Å². The molecule has 0 bridgehead atoms. The van der Waals surface area contributed by atoms with E-state index in [0.29, 0.717) is 5.92 Å². The average molecular weight is 192 g/mol. The van der Waals surface area contributed by atoms with Gasteiger partial charge >= 0.3 is 0 Å². The second-order valence-electron chi connectivity index (χ2n) is 3.49. The molecule has 0 radical (unpaired) electrons. The fourth-order valence-corrected chi connectivity index (χ4v) is 2.10. The molecule has 0 fully saturated rings. The normalized spacial score (nSPS) is 23.7. The molecule has 0 heterocycles. The van der Waals surface area contributed by atoms with Crippen molar-refractivity contribution in [2.24, 2.45) is 0 Å². The zero-order valence-corrected chi connectivity index (χ0v) is 9.33. The zero-order valence-electron chi connectivity index (χ0n) is 9.33. The minimum absolute atomic E-state index is 0.217. The molecule has 0 spiro atoms. The lowest BCUT2D eigenvalue weighted by atomic mass is 9.99. The third-order valence-electron chi connectivity index (χ3n) is 2.80. The van der Waals surface area contributed by atoms with Gasteiger partial charge in [0.25, 0.3) is 0 Å². The summed E-state index contributed by atoms with van der Waals surface area (Å²) in [6, 6.07) is 8.23. The van der Waals surface area contributed by atoms with Crippen molar-refractivity contribution in [3.8, 4) is 0 Å². The van der Waals surface area contributed by atoms with Gasteiger partial charge in [0.1, 0.15) is 0 Å². The molecule has 1 N–H and O–H groups in total. The van der Waals surface area contributed by atoms with Gasteiger partial charge in [-0.05, 0) is 29.9 Å². The van der Waals surface area contributed by atoms with Gasteiger partial charge in [-0.15, -0.1) is 0 Å². The number of rotatable bonds is 1. The smallest absolute Gasteiger partial charge is 0.0798 e. The second kappa shape index (κ2) is 5.16. The maximum atomic E-state index is 9.68. The molecule has 0 saturated carbocycles. The van der Waals surface area contributed by atoms with E-state index in [1.165, 1.54) is 5.56 Å². The summed E-state index contributed by atoms with van der Waals surface area (Å²) in [4.78, 5) is 0. The van der Waals surface area contributed by atoms with Crippen LogP contribution in [0, 0.1) is 0 Å². The average Bonchev–Trinajstić information content (AvgIpc) is 2.59. The Hall–Kier alpha value is -0.820. The summed E-state index contributed by atoms with van der Waals surface area (Å²) in [5, 5.41) is 9.68. The number of aliphatic hydroxyl groups is 1. The summed E-state index contributed by atoms with van der Waals surface area (Å²) < 4.78 is 0. The van der Waals surface area contributed by atoms with Gasteiger partial charge in [-0.3, -0.25) is 0 Å². The van der Waals surface area contributed by atoms with Gasteiger partial charge in [0.05, 0.1) is 6.10 Å². The van der Waals surface area contributed by atoms with Gasteiger partial charge in [0, 0.05) is 0 Å². The van der Waals surface area contributed by atoms with Crippen molar-refractivity contribution in [3.63, 3.8) is 0 Å². The summed E-state index contributed by atoms with van der Waals surface area (Å²) in [7, 11) is 0. The number of benzene rings is 1. The SMILES string of the molecule is CC.CCC1CC(O)c2ccccc21. The molecule has 1 aliphatic carbocycles. The Morgan fingerprint density at radius 3 is 2.36 bits per heavy atom. The van der Waals surface area contributed by atoms with Crippen LogP contribution in [0.5, 0.6) is 0 Å². The van der Waals surface area contributed by atoms with Gasteiger partial charge in [-0.1, -0.05) is 45.0 Å². The van der Waals surface area contributed by atoms with Crippen LogP contribution < -0.4 is 0 Å². The van der Waals surface area contributed by atoms with E-state index in [1.54, 1.807) is 0 Å². The first kappa shape index (κ1) is 11.3. The van der Waals surface area contributed by atoms with E-state index in [9.17, 15) is 5.11 Å². The molecule has 1 nitrogen and oxygen atoms in total. The lowest BCUT2D eigenvalue weighted by molar-refractivity contribution is 0.172. The molecule has 2 unspecified atom stereocenters. The number of hydrogen-bond acceptors (Lipinski definition) is 1. The highest BCUT2D eigenvalue weighted by molar-refractivity contribution is 5.36. The maximum absolute atomic E-state index is 9.68. The van der Waals surface area contributed by atoms with Crippen LogP contribution in [-0.2, 0) is 0 Å². The molecule has 1 aliphatic rings. The molecule has 14 heavy (non-hydrogen) atoms. The van der Waals surface area contributed by atoms with Crippen LogP contribution in [0.2, 0.25) is 0 Å². The summed E-state index contributed by atoms with van der Waals surface area (Å²) in [6.07, 6.45) is 1.83. The van der Waals surface area contributed by atoms with Gasteiger partial charge in [-0.2, -0.15) is 0 Å². The molecule has 78 valence electrons. The summed E-state index contributed by atoms with van der Waals surface area (Å²) in [5.74, 6) is 0.580. The van der Waals surface area contributed by atoms with Crippen LogP contribution >= 0.6 is 0 Å². The largest absolute Gasteiger partial charge is 0.388 e. The van der Waals surface area contributed by atoms with Gasteiger partial charge in [0.15, 0.2) is 0 Å². The molecule has 1 heteroatoms. The van der Waals surface area contributed by atoms with Crippen LogP contribution in [0.3, 0.4) is 0 Å². The third-order valence-corrected chi connectivity index (χ3v) is 2.80. The first-order valence-corrected chi connectivity index (χ1v) is 5.59. The first-order valence-electron chi connectivity index (χ1n) is 5.59. The Kier molecular flexibility index (Phi) is 4.15. The molecular weight excluding hydrogens is 172 g/mol. The molecule has 2 rings (SSSR count). The van der Waals surface area contributed by atoms with Crippen LogP contribution in [0.4, 0.5) is 0 Å². The van der Waals surface area contributed by atoms with Gasteiger partial charge < -0.3 is 5.11 Å². The maximum Gasteiger partial charge on any atom is 0.0798 e. The van der Waals surface area contributed by atoms with E-state index in [1.807, 2.05) is 26.0 Å². The van der Waals surface area contributed by atoms with Crippen molar-refractivity contribution in [3.05, 3.63) is 35.4 Å². The van der Waals surface area contributed by atoms with Crippen molar-refractivity contribution < 1.29 is 5.11 Å². The van der Waals surface area contributed by atoms with Crippen molar-refractivity contribution in [2.45, 2.75) is 45.6 Å². The lowest BCUT2D eigenvalue weighted by Crippen LogP contribution is -1.90. The Morgan fingerprint density at radius 1 is 1.21 bits per heavy atom. The first-order chi connectivity index (χ1) is 6.83. The van der Waals surface area contributed by atoms with Gasteiger partial charge in [-0.25, -0.2) is 0 Å². The monoisotopic (exact) mass is 192 g/mol. The van der Waals surface area contributed by atoms with E-state index < -0.39 is 0 Å². The Bertz CT molecular complexity index is 280. The van der Waals surface area contributed by atoms with Crippen LogP contribution in [-0.4, -0.2) is 5.11 Å². The van der Waals surface area contributed by atoms with Crippen LogP contribution in [0.25, 0.3) is 0 Å². The predicted octanol–water partition coefficient (Wildman–Crippen LogP) is 3.64. The van der Waals surface area contributed by atoms with Crippen LogP contribution in [0.1, 0.15) is 56.8 Å². The van der Waals surface area contributed by atoms with Gasteiger partial charge in [0.2, 0.25) is 0 Å². The minimum Gasteiger partial charge on any atom is -0.388 e. The highest BCUT2D eigenvalue weighted by Crippen LogP contribution is 2.41. The topological polar surface area (TPSA) is 20.2 Å². The van der Waals surface area contributed by atoms with E-state index in [2.05, 4.69) is 19.1 Å². The molecule has 1 aromatic rings. The highest BCUT2D eigenvalue weighted by atomic mass is 16.3.